The van der Waals surface area contributed by atoms with E-state index in [-0.39, 0.29) is 5.15 Å². The molecule has 2 aliphatic rings. The van der Waals surface area contributed by atoms with Crippen LogP contribution in [0.1, 0.15) is 37.8 Å². The van der Waals surface area contributed by atoms with Crippen LogP contribution in [0, 0.1) is 12.3 Å². The van der Waals surface area contributed by atoms with Crippen molar-refractivity contribution in [2.75, 3.05) is 18.0 Å². The lowest BCUT2D eigenvalue weighted by Crippen LogP contribution is -2.47. The van der Waals surface area contributed by atoms with Gasteiger partial charge in [-0.2, -0.15) is 0 Å². The van der Waals surface area contributed by atoms with Gasteiger partial charge in [0.15, 0.2) is 0 Å². The zero-order chi connectivity index (χ0) is 20.2. The highest BCUT2D eigenvalue weighted by Gasteiger charge is 2.43. The smallest absolute Gasteiger partial charge is 0.211 e. The van der Waals surface area contributed by atoms with E-state index >= 15 is 0 Å². The van der Waals surface area contributed by atoms with Crippen LogP contribution in [-0.2, 0) is 0 Å². The molecule has 1 aliphatic carbocycles. The fraction of sp³-hybridized carbons (Fsp3) is 0.476. The van der Waals surface area contributed by atoms with Crippen LogP contribution in [0.2, 0.25) is 10.2 Å². The van der Waals surface area contributed by atoms with Crippen LogP contribution in [0.15, 0.2) is 24.7 Å². The number of nitrogens with two attached hydrogens (primary N) is 1. The Bertz CT molecular complexity index is 1070. The van der Waals surface area contributed by atoms with Crippen molar-refractivity contribution in [3.63, 3.8) is 0 Å². The van der Waals surface area contributed by atoms with Gasteiger partial charge >= 0.3 is 0 Å². The van der Waals surface area contributed by atoms with E-state index < -0.39 is 0 Å². The predicted molar refractivity (Wildman–Crippen MR) is 117 cm³/mol. The molecule has 1 aliphatic heterocycles. The van der Waals surface area contributed by atoms with E-state index in [9.17, 15) is 0 Å². The maximum absolute atomic E-state index is 6.46. The summed E-state index contributed by atoms with van der Waals surface area (Å²) < 4.78 is 2.06. The zero-order valence-corrected chi connectivity index (χ0v) is 17.9. The van der Waals surface area contributed by atoms with Gasteiger partial charge in [0.2, 0.25) is 5.95 Å². The quantitative estimate of drug-likeness (QED) is 0.605. The average molecular weight is 431 g/mol. The van der Waals surface area contributed by atoms with E-state index in [0.29, 0.717) is 16.5 Å². The standard InChI is InChI=1S/C21H24Cl2N6/c1-13-16(14-4-8-25-18(23)17(14)22)19-26-9-12-29(19)20(27-13)28-10-6-21(7-11-28)5-2-3-15(21)24/h4,8-9,12,15H,2-3,5-7,10-11,24H2,1H3. The minimum Gasteiger partial charge on any atom is -0.342 e. The second-order valence-corrected chi connectivity index (χ2v) is 9.04. The highest BCUT2D eigenvalue weighted by molar-refractivity contribution is 6.43. The van der Waals surface area contributed by atoms with Crippen molar-refractivity contribution < 1.29 is 0 Å². The summed E-state index contributed by atoms with van der Waals surface area (Å²) in [7, 11) is 0. The molecule has 8 heteroatoms. The molecule has 1 spiro atoms. The van der Waals surface area contributed by atoms with E-state index in [1.165, 1.54) is 12.8 Å². The number of nitrogens with zero attached hydrogens (tertiary/aromatic N) is 5. The minimum absolute atomic E-state index is 0.284. The molecule has 1 unspecified atom stereocenters. The summed E-state index contributed by atoms with van der Waals surface area (Å²) in [6.07, 6.45) is 11.3. The Morgan fingerprint density at radius 1 is 1.14 bits per heavy atom. The highest BCUT2D eigenvalue weighted by Crippen LogP contribution is 2.46. The molecule has 29 heavy (non-hydrogen) atoms. The molecule has 2 fully saturated rings. The second-order valence-electron chi connectivity index (χ2n) is 8.30. The molecular formula is C21H24Cl2N6. The Morgan fingerprint density at radius 3 is 2.66 bits per heavy atom. The third-order valence-electron chi connectivity index (χ3n) is 6.84. The summed E-state index contributed by atoms with van der Waals surface area (Å²) in [4.78, 5) is 16.0. The van der Waals surface area contributed by atoms with Gasteiger partial charge in [-0.05, 0) is 44.1 Å². The van der Waals surface area contributed by atoms with Gasteiger partial charge in [0, 0.05) is 48.8 Å². The molecular weight excluding hydrogens is 407 g/mol. The van der Waals surface area contributed by atoms with Crippen LogP contribution < -0.4 is 10.6 Å². The molecule has 5 rings (SSSR count). The molecule has 0 bridgehead atoms. The SMILES string of the molecule is Cc1nc(N2CCC3(CCCC3N)CC2)n2ccnc2c1-c1ccnc(Cl)c1Cl. The van der Waals surface area contributed by atoms with Crippen molar-refractivity contribution in [2.24, 2.45) is 11.1 Å². The average Bonchev–Trinajstić information content (AvgIpc) is 3.33. The van der Waals surface area contributed by atoms with Gasteiger partial charge < -0.3 is 10.6 Å². The lowest BCUT2D eigenvalue weighted by molar-refractivity contribution is 0.197. The van der Waals surface area contributed by atoms with E-state index in [4.69, 9.17) is 33.9 Å². The van der Waals surface area contributed by atoms with E-state index in [0.717, 1.165) is 60.8 Å². The Hall–Kier alpha value is -1.89. The van der Waals surface area contributed by atoms with Crippen LogP contribution in [0.5, 0.6) is 0 Å². The molecule has 0 aromatic carbocycles. The topological polar surface area (TPSA) is 72.3 Å². The summed E-state index contributed by atoms with van der Waals surface area (Å²) in [6, 6.07) is 2.20. The van der Waals surface area contributed by atoms with Crippen molar-refractivity contribution in [2.45, 2.75) is 45.1 Å². The van der Waals surface area contributed by atoms with Crippen molar-refractivity contribution in [3.8, 4) is 11.1 Å². The first-order chi connectivity index (χ1) is 14.0. The molecule has 0 amide bonds. The molecule has 1 saturated carbocycles. The zero-order valence-electron chi connectivity index (χ0n) is 16.4. The van der Waals surface area contributed by atoms with Crippen LogP contribution in [0.3, 0.4) is 0 Å². The molecule has 1 atom stereocenters. The van der Waals surface area contributed by atoms with E-state index in [1.54, 1.807) is 12.4 Å². The van der Waals surface area contributed by atoms with Crippen molar-refractivity contribution in [1.82, 2.24) is 19.4 Å². The Kier molecular flexibility index (Phi) is 4.68. The largest absolute Gasteiger partial charge is 0.342 e. The highest BCUT2D eigenvalue weighted by atomic mass is 35.5. The fourth-order valence-corrected chi connectivity index (χ4v) is 5.52. The minimum atomic E-state index is 0.284. The van der Waals surface area contributed by atoms with Gasteiger partial charge in [-0.3, -0.25) is 4.40 Å². The molecule has 0 radical (unpaired) electrons. The molecule has 4 heterocycles. The van der Waals surface area contributed by atoms with Gasteiger partial charge in [0.05, 0.1) is 10.7 Å². The third kappa shape index (κ3) is 3.00. The number of rotatable bonds is 2. The molecule has 1 saturated heterocycles. The Labute approximate surface area is 180 Å². The summed E-state index contributed by atoms with van der Waals surface area (Å²) in [5.41, 5.74) is 10.2. The summed E-state index contributed by atoms with van der Waals surface area (Å²) >= 11 is 12.6. The maximum atomic E-state index is 6.46. The van der Waals surface area contributed by atoms with E-state index in [2.05, 4.69) is 19.3 Å². The number of imidazole rings is 1. The number of aromatic nitrogens is 4. The number of anilines is 1. The third-order valence-corrected chi connectivity index (χ3v) is 7.61. The van der Waals surface area contributed by atoms with Crippen molar-refractivity contribution >= 4 is 34.8 Å². The monoisotopic (exact) mass is 430 g/mol. The number of hydrogen-bond acceptors (Lipinski definition) is 5. The Balaban J connectivity index is 1.54. The molecule has 152 valence electrons. The summed E-state index contributed by atoms with van der Waals surface area (Å²) in [6.45, 7) is 3.93. The van der Waals surface area contributed by atoms with Crippen LogP contribution in [-0.4, -0.2) is 38.5 Å². The molecule has 3 aromatic heterocycles. The first-order valence-corrected chi connectivity index (χ1v) is 10.9. The van der Waals surface area contributed by atoms with Gasteiger partial charge in [-0.1, -0.05) is 29.6 Å². The number of piperidine rings is 1. The van der Waals surface area contributed by atoms with Crippen LogP contribution in [0.4, 0.5) is 5.95 Å². The second kappa shape index (κ2) is 7.11. The van der Waals surface area contributed by atoms with Gasteiger partial charge in [0.1, 0.15) is 10.8 Å². The maximum Gasteiger partial charge on any atom is 0.211 e. The van der Waals surface area contributed by atoms with Crippen molar-refractivity contribution in [1.29, 1.82) is 0 Å². The number of fused-ring (bicyclic) bond motifs is 1. The van der Waals surface area contributed by atoms with Crippen LogP contribution >= 0.6 is 23.2 Å². The fourth-order valence-electron chi connectivity index (χ4n) is 5.16. The van der Waals surface area contributed by atoms with Crippen molar-refractivity contribution in [3.05, 3.63) is 40.5 Å². The van der Waals surface area contributed by atoms with Gasteiger partial charge in [-0.15, -0.1) is 0 Å². The first-order valence-electron chi connectivity index (χ1n) is 10.1. The Morgan fingerprint density at radius 2 is 1.93 bits per heavy atom. The molecule has 6 nitrogen and oxygen atoms in total. The summed E-state index contributed by atoms with van der Waals surface area (Å²) in [5, 5.41) is 0.707. The lowest BCUT2D eigenvalue weighted by Gasteiger charge is -2.42. The molecule has 2 N–H and O–H groups in total. The number of aryl methyl sites for hydroxylation is 1. The summed E-state index contributed by atoms with van der Waals surface area (Å²) in [5.74, 6) is 0.927. The first kappa shape index (κ1) is 19.1. The molecule has 3 aromatic rings. The number of pyridine rings is 1. The van der Waals surface area contributed by atoms with Crippen LogP contribution in [0.25, 0.3) is 16.8 Å². The van der Waals surface area contributed by atoms with E-state index in [1.807, 2.05) is 19.2 Å². The number of halogens is 2. The predicted octanol–water partition coefficient (Wildman–Crippen LogP) is 4.50. The lowest BCUT2D eigenvalue weighted by atomic mass is 9.74. The van der Waals surface area contributed by atoms with Gasteiger partial charge in [-0.25, -0.2) is 15.0 Å². The number of hydrogen-bond donors (Lipinski definition) is 1. The normalized spacial score (nSPS) is 21.4. The van der Waals surface area contributed by atoms with Gasteiger partial charge in [0.25, 0.3) is 0 Å².